The molecule has 5 heteroatoms. The minimum atomic E-state index is -0.0205. The molecule has 0 bridgehead atoms. The molecule has 4 nitrogen and oxygen atoms in total. The number of rotatable bonds is 1. The minimum absolute atomic E-state index is 0.0205. The van der Waals surface area contributed by atoms with Gasteiger partial charge in [0.05, 0.1) is 0 Å². The Hall–Kier alpha value is -1.55. The van der Waals surface area contributed by atoms with Gasteiger partial charge in [-0.05, 0) is 24.6 Å². The van der Waals surface area contributed by atoms with Crippen molar-refractivity contribution >= 4 is 23.4 Å². The third-order valence-corrected chi connectivity index (χ3v) is 3.54. The molecule has 0 atom stereocenters. The van der Waals surface area contributed by atoms with Gasteiger partial charge in [0.2, 0.25) is 5.91 Å². The fourth-order valence-corrected chi connectivity index (χ4v) is 2.43. The number of amides is 2. The molecule has 1 aliphatic heterocycles. The molecular formula is C14H17ClN2O2. The van der Waals surface area contributed by atoms with Crippen molar-refractivity contribution in [3.63, 3.8) is 0 Å². The van der Waals surface area contributed by atoms with E-state index in [4.69, 9.17) is 11.6 Å². The Bertz CT molecular complexity index is 490. The molecule has 2 amide bonds. The lowest BCUT2D eigenvalue weighted by Crippen LogP contribution is -2.36. The van der Waals surface area contributed by atoms with Gasteiger partial charge in [-0.2, -0.15) is 0 Å². The highest BCUT2D eigenvalue weighted by molar-refractivity contribution is 6.30. The van der Waals surface area contributed by atoms with Crippen LogP contribution in [0.1, 0.15) is 23.7 Å². The molecule has 1 heterocycles. The van der Waals surface area contributed by atoms with Crippen LogP contribution in [0.4, 0.5) is 0 Å². The Labute approximate surface area is 117 Å². The van der Waals surface area contributed by atoms with Crippen molar-refractivity contribution in [3.8, 4) is 0 Å². The molecule has 0 saturated carbocycles. The van der Waals surface area contributed by atoms with Gasteiger partial charge in [0.25, 0.3) is 5.91 Å². The van der Waals surface area contributed by atoms with Crippen molar-refractivity contribution in [3.05, 3.63) is 34.9 Å². The molecule has 1 saturated heterocycles. The van der Waals surface area contributed by atoms with E-state index in [9.17, 15) is 9.59 Å². The van der Waals surface area contributed by atoms with E-state index in [0.29, 0.717) is 36.8 Å². The largest absolute Gasteiger partial charge is 0.341 e. The Balaban J connectivity index is 2.06. The number of carbonyl (C=O) groups excluding carboxylic acids is 2. The van der Waals surface area contributed by atoms with E-state index in [1.807, 2.05) is 0 Å². The Kier molecular flexibility index (Phi) is 4.43. The summed E-state index contributed by atoms with van der Waals surface area (Å²) < 4.78 is 0. The summed E-state index contributed by atoms with van der Waals surface area (Å²) in [6, 6.07) is 6.97. The van der Waals surface area contributed by atoms with Gasteiger partial charge in [0.15, 0.2) is 0 Å². The van der Waals surface area contributed by atoms with Crippen molar-refractivity contribution in [2.24, 2.45) is 0 Å². The SMILES string of the molecule is CC(=O)N1CCCN(C(=O)c2cccc(Cl)c2)CC1. The van der Waals surface area contributed by atoms with Crippen molar-refractivity contribution in [1.82, 2.24) is 9.80 Å². The maximum atomic E-state index is 12.3. The summed E-state index contributed by atoms with van der Waals surface area (Å²) in [5, 5.41) is 0.561. The van der Waals surface area contributed by atoms with Crippen LogP contribution in [0, 0.1) is 0 Å². The van der Waals surface area contributed by atoms with Crippen LogP contribution < -0.4 is 0 Å². The van der Waals surface area contributed by atoms with Gasteiger partial charge in [-0.25, -0.2) is 0 Å². The van der Waals surface area contributed by atoms with E-state index >= 15 is 0 Å². The first-order valence-corrected chi connectivity index (χ1v) is 6.76. The Morgan fingerprint density at radius 2 is 1.79 bits per heavy atom. The lowest BCUT2D eigenvalue weighted by atomic mass is 10.2. The molecule has 0 unspecified atom stereocenters. The van der Waals surface area contributed by atoms with E-state index in [1.165, 1.54) is 0 Å². The van der Waals surface area contributed by atoms with Crippen LogP contribution in [0.2, 0.25) is 5.02 Å². The van der Waals surface area contributed by atoms with Crippen molar-refractivity contribution < 1.29 is 9.59 Å². The summed E-state index contributed by atoms with van der Waals surface area (Å²) in [5.74, 6) is 0.0463. The first-order chi connectivity index (χ1) is 9.08. The summed E-state index contributed by atoms with van der Waals surface area (Å²) in [5.41, 5.74) is 0.601. The van der Waals surface area contributed by atoms with Gasteiger partial charge in [0, 0.05) is 43.7 Å². The summed E-state index contributed by atoms with van der Waals surface area (Å²) in [6.45, 7) is 4.13. The number of benzene rings is 1. The second-order valence-electron chi connectivity index (χ2n) is 4.66. The number of carbonyl (C=O) groups is 2. The van der Waals surface area contributed by atoms with Crippen molar-refractivity contribution in [1.29, 1.82) is 0 Å². The van der Waals surface area contributed by atoms with Crippen LogP contribution >= 0.6 is 11.6 Å². The summed E-state index contributed by atoms with van der Waals surface area (Å²) in [4.78, 5) is 27.3. The monoisotopic (exact) mass is 280 g/mol. The summed E-state index contributed by atoms with van der Waals surface area (Å²) >= 11 is 5.90. The van der Waals surface area contributed by atoms with E-state index in [2.05, 4.69) is 0 Å². The van der Waals surface area contributed by atoms with Gasteiger partial charge in [-0.15, -0.1) is 0 Å². The average Bonchev–Trinajstić information content (AvgIpc) is 2.63. The average molecular weight is 281 g/mol. The maximum absolute atomic E-state index is 12.3. The van der Waals surface area contributed by atoms with Crippen molar-refractivity contribution in [2.75, 3.05) is 26.2 Å². The molecule has 0 spiro atoms. The second-order valence-corrected chi connectivity index (χ2v) is 5.10. The molecule has 2 rings (SSSR count). The highest BCUT2D eigenvalue weighted by atomic mass is 35.5. The zero-order chi connectivity index (χ0) is 13.8. The molecule has 1 aromatic rings. The Morgan fingerprint density at radius 1 is 1.11 bits per heavy atom. The third kappa shape index (κ3) is 3.47. The zero-order valence-electron chi connectivity index (χ0n) is 10.9. The van der Waals surface area contributed by atoms with E-state index in [0.717, 1.165) is 6.42 Å². The van der Waals surface area contributed by atoms with Gasteiger partial charge in [0.1, 0.15) is 0 Å². The van der Waals surface area contributed by atoms with Crippen LogP contribution in [0.15, 0.2) is 24.3 Å². The molecule has 0 aromatic heterocycles. The van der Waals surface area contributed by atoms with Crippen LogP contribution in [0.25, 0.3) is 0 Å². The second kappa shape index (κ2) is 6.06. The first kappa shape index (κ1) is 13.9. The highest BCUT2D eigenvalue weighted by Gasteiger charge is 2.21. The molecular weight excluding hydrogens is 264 g/mol. The predicted octanol–water partition coefficient (Wildman–Crippen LogP) is 2.03. The topological polar surface area (TPSA) is 40.6 Å². The molecule has 19 heavy (non-hydrogen) atoms. The number of hydrogen-bond donors (Lipinski definition) is 0. The maximum Gasteiger partial charge on any atom is 0.253 e. The van der Waals surface area contributed by atoms with Gasteiger partial charge >= 0.3 is 0 Å². The Morgan fingerprint density at radius 3 is 2.47 bits per heavy atom. The first-order valence-electron chi connectivity index (χ1n) is 6.38. The molecule has 1 aromatic carbocycles. The third-order valence-electron chi connectivity index (χ3n) is 3.30. The normalized spacial score (nSPS) is 16.1. The summed E-state index contributed by atoms with van der Waals surface area (Å²) in [7, 11) is 0. The molecule has 0 aliphatic carbocycles. The van der Waals surface area contributed by atoms with E-state index < -0.39 is 0 Å². The zero-order valence-corrected chi connectivity index (χ0v) is 11.7. The number of nitrogens with zero attached hydrogens (tertiary/aromatic N) is 2. The molecule has 0 N–H and O–H groups in total. The van der Waals surface area contributed by atoms with Gasteiger partial charge in [-0.1, -0.05) is 17.7 Å². The van der Waals surface area contributed by atoms with Crippen LogP contribution in [-0.4, -0.2) is 47.8 Å². The van der Waals surface area contributed by atoms with Gasteiger partial charge < -0.3 is 9.80 Å². The lowest BCUT2D eigenvalue weighted by Gasteiger charge is -2.21. The fraction of sp³-hybridized carbons (Fsp3) is 0.429. The number of hydrogen-bond acceptors (Lipinski definition) is 2. The summed E-state index contributed by atoms with van der Waals surface area (Å²) in [6.07, 6.45) is 0.811. The standard InChI is InChI=1S/C14H17ClN2O2/c1-11(18)16-6-3-7-17(9-8-16)14(19)12-4-2-5-13(15)10-12/h2,4-5,10H,3,6-9H2,1H3. The molecule has 1 aliphatic rings. The fourth-order valence-electron chi connectivity index (χ4n) is 2.24. The van der Waals surface area contributed by atoms with Crippen LogP contribution in [0.3, 0.4) is 0 Å². The molecule has 102 valence electrons. The minimum Gasteiger partial charge on any atom is -0.341 e. The highest BCUT2D eigenvalue weighted by Crippen LogP contribution is 2.14. The van der Waals surface area contributed by atoms with Crippen molar-refractivity contribution in [2.45, 2.75) is 13.3 Å². The molecule has 1 fully saturated rings. The van der Waals surface area contributed by atoms with E-state index in [1.54, 1.807) is 41.0 Å². The van der Waals surface area contributed by atoms with E-state index in [-0.39, 0.29) is 11.8 Å². The lowest BCUT2D eigenvalue weighted by molar-refractivity contribution is -0.128. The number of halogens is 1. The quantitative estimate of drug-likeness (QED) is 0.790. The molecule has 0 radical (unpaired) electrons. The predicted molar refractivity (Wildman–Crippen MR) is 74.2 cm³/mol. The smallest absolute Gasteiger partial charge is 0.253 e. The van der Waals surface area contributed by atoms with Crippen LogP contribution in [-0.2, 0) is 4.79 Å². The van der Waals surface area contributed by atoms with Crippen LogP contribution in [0.5, 0.6) is 0 Å². The van der Waals surface area contributed by atoms with Gasteiger partial charge in [-0.3, -0.25) is 9.59 Å².